The average molecular weight is 496 g/mol. The second kappa shape index (κ2) is 8.69. The second-order valence-electron chi connectivity index (χ2n) is 6.09. The minimum atomic E-state index is 0. The van der Waals surface area contributed by atoms with Crippen molar-refractivity contribution in [1.82, 2.24) is 0 Å². The number of rotatable bonds is 6. The third kappa shape index (κ3) is 3.84. The molecule has 4 heteroatoms. The normalized spacial score (nSPS) is 15.6. The molecule has 3 rings (SSSR count). The Bertz CT molecular complexity index is 616. The molecule has 2 aromatic carbocycles. The topological polar surface area (TPSA) is 27.7 Å². The monoisotopic (exact) mass is 496 g/mol. The maximum atomic E-state index is 5.50. The summed E-state index contributed by atoms with van der Waals surface area (Å²) in [7, 11) is 3.34. The summed E-state index contributed by atoms with van der Waals surface area (Å²) in [5, 5.41) is 0. The van der Waals surface area contributed by atoms with Gasteiger partial charge in [0.15, 0.2) is 6.79 Å². The molecule has 0 aromatic heterocycles. The van der Waals surface area contributed by atoms with Gasteiger partial charge in [0.05, 0.1) is 7.11 Å². The Morgan fingerprint density at radius 2 is 1.29 bits per heavy atom. The van der Waals surface area contributed by atoms with Gasteiger partial charge in [0, 0.05) is 33.6 Å². The fourth-order valence-corrected chi connectivity index (χ4v) is 3.63. The van der Waals surface area contributed by atoms with Crippen molar-refractivity contribution in [2.24, 2.45) is 0 Å². The van der Waals surface area contributed by atoms with Crippen molar-refractivity contribution >= 4 is 0 Å². The first-order valence-electron chi connectivity index (χ1n) is 8.15. The van der Waals surface area contributed by atoms with Crippen molar-refractivity contribution in [1.29, 1.82) is 0 Å². The molecular formula is C20H24O3W. The van der Waals surface area contributed by atoms with Gasteiger partial charge in [0.25, 0.3) is 0 Å². The fraction of sp³-hybridized carbons (Fsp3) is 0.400. The van der Waals surface area contributed by atoms with E-state index < -0.39 is 0 Å². The van der Waals surface area contributed by atoms with Gasteiger partial charge >= 0.3 is 0 Å². The minimum Gasteiger partial charge on any atom is -0.497 e. The van der Waals surface area contributed by atoms with E-state index in [1.54, 1.807) is 14.2 Å². The molecule has 0 amide bonds. The van der Waals surface area contributed by atoms with Crippen LogP contribution in [0.3, 0.4) is 0 Å². The number of hydrogen-bond donors (Lipinski definition) is 0. The summed E-state index contributed by atoms with van der Waals surface area (Å²) in [6.45, 7) is 0.281. The molecule has 0 atom stereocenters. The van der Waals surface area contributed by atoms with Crippen LogP contribution in [-0.2, 0) is 31.2 Å². The predicted molar refractivity (Wildman–Crippen MR) is 91.2 cm³/mol. The second-order valence-corrected chi connectivity index (χ2v) is 6.09. The summed E-state index contributed by atoms with van der Waals surface area (Å²) in [4.78, 5) is 0. The van der Waals surface area contributed by atoms with Gasteiger partial charge in [-0.1, -0.05) is 37.1 Å². The number of benzene rings is 2. The molecule has 1 aliphatic rings. The summed E-state index contributed by atoms with van der Waals surface area (Å²) in [5.41, 5.74) is 2.86. The summed E-state index contributed by atoms with van der Waals surface area (Å²) in [5.74, 6) is 1.75. The third-order valence-electron chi connectivity index (χ3n) is 4.85. The maximum absolute atomic E-state index is 5.50. The molecule has 0 aliphatic heterocycles. The van der Waals surface area contributed by atoms with Gasteiger partial charge in [-0.25, -0.2) is 0 Å². The Morgan fingerprint density at radius 1 is 0.792 bits per heavy atom. The molecule has 0 unspecified atom stereocenters. The van der Waals surface area contributed by atoms with Crippen molar-refractivity contribution in [2.75, 3.05) is 21.0 Å². The van der Waals surface area contributed by atoms with Gasteiger partial charge < -0.3 is 14.2 Å². The molecule has 1 saturated carbocycles. The molecule has 24 heavy (non-hydrogen) atoms. The van der Waals surface area contributed by atoms with Crippen LogP contribution in [0.25, 0.3) is 0 Å². The quantitative estimate of drug-likeness (QED) is 0.551. The molecule has 3 nitrogen and oxygen atoms in total. The van der Waals surface area contributed by atoms with E-state index >= 15 is 0 Å². The van der Waals surface area contributed by atoms with Gasteiger partial charge in [-0.15, -0.1) is 0 Å². The standard InChI is InChI=1S/C20H24O3.W/c1-21-15-23-19-11-7-17(8-12-19)20(13-3-4-14-20)16-5-9-18(22-2)10-6-16;/h5-12H,3-4,13-15H2,1-2H3;. The van der Waals surface area contributed by atoms with E-state index in [1.807, 2.05) is 12.1 Å². The Labute approximate surface area is 158 Å². The van der Waals surface area contributed by atoms with E-state index in [9.17, 15) is 0 Å². The van der Waals surface area contributed by atoms with Gasteiger partial charge in [-0.05, 0) is 48.2 Å². The minimum absolute atomic E-state index is 0. The van der Waals surface area contributed by atoms with Gasteiger partial charge in [-0.2, -0.15) is 0 Å². The van der Waals surface area contributed by atoms with Crippen molar-refractivity contribution in [2.45, 2.75) is 31.1 Å². The summed E-state index contributed by atoms with van der Waals surface area (Å²) < 4.78 is 15.8. The van der Waals surface area contributed by atoms with Crippen LogP contribution < -0.4 is 9.47 Å². The molecule has 1 fully saturated rings. The van der Waals surface area contributed by atoms with Crippen LogP contribution in [0.4, 0.5) is 0 Å². The van der Waals surface area contributed by atoms with Gasteiger partial charge in [0.1, 0.15) is 11.5 Å². The Balaban J connectivity index is 0.00000208. The fourth-order valence-electron chi connectivity index (χ4n) is 3.63. The Morgan fingerprint density at radius 3 is 1.75 bits per heavy atom. The number of hydrogen-bond acceptors (Lipinski definition) is 3. The van der Waals surface area contributed by atoms with Crippen LogP contribution in [0.1, 0.15) is 36.8 Å². The van der Waals surface area contributed by atoms with Crippen LogP contribution in [0.15, 0.2) is 48.5 Å². The molecular weight excluding hydrogens is 472 g/mol. The third-order valence-corrected chi connectivity index (χ3v) is 4.85. The smallest absolute Gasteiger partial charge is 0.188 e. The zero-order valence-corrected chi connectivity index (χ0v) is 17.2. The van der Waals surface area contributed by atoms with E-state index in [1.165, 1.54) is 36.8 Å². The number of ether oxygens (including phenoxy) is 3. The largest absolute Gasteiger partial charge is 0.497 e. The van der Waals surface area contributed by atoms with Crippen LogP contribution in [0, 0.1) is 0 Å². The SMILES string of the molecule is COCOc1ccc(C2(c3ccc(OC)cc3)CCCC2)cc1.[W]. The molecule has 0 spiro atoms. The van der Waals surface area contributed by atoms with E-state index in [0.717, 1.165) is 11.5 Å². The van der Waals surface area contributed by atoms with Crippen molar-refractivity contribution in [3.8, 4) is 11.5 Å². The Hall–Kier alpha value is -1.31. The molecule has 0 saturated heterocycles. The first-order chi connectivity index (χ1) is 11.3. The van der Waals surface area contributed by atoms with Gasteiger partial charge in [0.2, 0.25) is 0 Å². The molecule has 0 N–H and O–H groups in total. The van der Waals surface area contributed by atoms with Crippen molar-refractivity contribution in [3.05, 3.63) is 59.7 Å². The van der Waals surface area contributed by atoms with Crippen molar-refractivity contribution < 1.29 is 35.3 Å². The zero-order valence-electron chi connectivity index (χ0n) is 14.3. The molecule has 2 aromatic rings. The van der Waals surface area contributed by atoms with E-state index in [2.05, 4.69) is 36.4 Å². The molecule has 1 aliphatic carbocycles. The first-order valence-corrected chi connectivity index (χ1v) is 8.15. The Kier molecular flexibility index (Phi) is 6.88. The van der Waals surface area contributed by atoms with Crippen LogP contribution in [-0.4, -0.2) is 21.0 Å². The molecule has 0 bridgehead atoms. The molecule has 0 heterocycles. The summed E-state index contributed by atoms with van der Waals surface area (Å²) in [6, 6.07) is 17.0. The van der Waals surface area contributed by atoms with Crippen LogP contribution >= 0.6 is 0 Å². The molecule has 0 radical (unpaired) electrons. The number of methoxy groups -OCH3 is 2. The summed E-state index contributed by atoms with van der Waals surface area (Å²) in [6.07, 6.45) is 4.93. The molecule has 128 valence electrons. The summed E-state index contributed by atoms with van der Waals surface area (Å²) >= 11 is 0. The predicted octanol–water partition coefficient (Wildman–Crippen LogP) is 4.54. The van der Waals surface area contributed by atoms with Crippen LogP contribution in [0.5, 0.6) is 11.5 Å². The average Bonchev–Trinajstić information content (AvgIpc) is 3.11. The maximum Gasteiger partial charge on any atom is 0.188 e. The van der Waals surface area contributed by atoms with E-state index in [4.69, 9.17) is 14.2 Å². The van der Waals surface area contributed by atoms with Gasteiger partial charge in [-0.3, -0.25) is 0 Å². The van der Waals surface area contributed by atoms with Crippen molar-refractivity contribution in [3.63, 3.8) is 0 Å². The first kappa shape index (κ1) is 19.0. The van der Waals surface area contributed by atoms with Crippen LogP contribution in [0.2, 0.25) is 0 Å². The van der Waals surface area contributed by atoms with E-state index in [0.29, 0.717) is 0 Å². The van der Waals surface area contributed by atoms with E-state index in [-0.39, 0.29) is 33.3 Å². The zero-order chi connectivity index (χ0) is 16.1.